The Hall–Kier alpha value is -0.990. The first-order chi connectivity index (χ1) is 8.47. The van der Waals surface area contributed by atoms with Gasteiger partial charge in [-0.05, 0) is 25.2 Å². The van der Waals surface area contributed by atoms with Gasteiger partial charge in [-0.3, -0.25) is 0 Å². The zero-order valence-electron chi connectivity index (χ0n) is 10.4. The van der Waals surface area contributed by atoms with E-state index in [0.29, 0.717) is 19.0 Å². The number of sulfonamides is 1. The number of aromatic nitrogens is 3. The predicted molar refractivity (Wildman–Crippen MR) is 67.1 cm³/mol. The lowest BCUT2D eigenvalue weighted by Gasteiger charge is -2.31. The summed E-state index contributed by atoms with van der Waals surface area (Å²) in [6.07, 6.45) is 5.51. The minimum Gasteiger partial charge on any atom is -0.323 e. The number of hydrogen-bond donors (Lipinski definition) is 2. The number of piperidine rings is 1. The molecule has 1 aromatic heterocycles. The van der Waals surface area contributed by atoms with Gasteiger partial charge in [-0.25, -0.2) is 12.7 Å². The second-order valence-corrected chi connectivity index (χ2v) is 6.85. The Balaban J connectivity index is 1.94. The number of nitrogens with zero attached hydrogens (tertiary/aromatic N) is 3. The van der Waals surface area contributed by atoms with Gasteiger partial charge in [0, 0.05) is 13.1 Å². The minimum absolute atomic E-state index is 0.187. The van der Waals surface area contributed by atoms with Crippen LogP contribution in [0.1, 0.15) is 31.0 Å². The molecule has 0 aliphatic carbocycles. The average molecular weight is 273 g/mol. The van der Waals surface area contributed by atoms with Crippen LogP contribution >= 0.6 is 0 Å². The molecule has 1 saturated heterocycles. The molecule has 2 atom stereocenters. The summed E-state index contributed by atoms with van der Waals surface area (Å²) >= 11 is 0. The summed E-state index contributed by atoms with van der Waals surface area (Å²) in [4.78, 5) is 0. The van der Waals surface area contributed by atoms with Crippen LogP contribution in [0.5, 0.6) is 0 Å². The summed E-state index contributed by atoms with van der Waals surface area (Å²) in [5, 5.41) is 10.2. The van der Waals surface area contributed by atoms with Gasteiger partial charge in [-0.1, -0.05) is 0 Å². The molecule has 2 heterocycles. The highest BCUT2D eigenvalue weighted by Crippen LogP contribution is 2.26. The van der Waals surface area contributed by atoms with Crippen LogP contribution < -0.4 is 5.73 Å². The van der Waals surface area contributed by atoms with Crippen molar-refractivity contribution in [2.75, 3.05) is 19.3 Å². The first-order valence-electron chi connectivity index (χ1n) is 6.03. The molecule has 0 spiro atoms. The van der Waals surface area contributed by atoms with E-state index in [-0.39, 0.29) is 6.04 Å². The molecule has 0 saturated carbocycles. The van der Waals surface area contributed by atoms with Crippen molar-refractivity contribution in [1.82, 2.24) is 19.7 Å². The lowest BCUT2D eigenvalue weighted by atomic mass is 9.92. The molecule has 102 valence electrons. The number of aromatic amines is 1. The summed E-state index contributed by atoms with van der Waals surface area (Å²) in [5.41, 5.74) is 6.76. The smallest absolute Gasteiger partial charge is 0.211 e. The summed E-state index contributed by atoms with van der Waals surface area (Å²) < 4.78 is 24.6. The zero-order valence-corrected chi connectivity index (χ0v) is 11.2. The Morgan fingerprint density at radius 3 is 3.06 bits per heavy atom. The van der Waals surface area contributed by atoms with Gasteiger partial charge in [0.25, 0.3) is 0 Å². The summed E-state index contributed by atoms with van der Waals surface area (Å²) in [5.74, 6) is 0.292. The maximum absolute atomic E-state index is 11.5. The zero-order chi connectivity index (χ0) is 13.2. The molecule has 2 rings (SSSR count). The Labute approximate surface area is 107 Å². The maximum Gasteiger partial charge on any atom is 0.211 e. The molecular weight excluding hydrogens is 254 g/mol. The van der Waals surface area contributed by atoms with Crippen molar-refractivity contribution >= 4 is 10.0 Å². The summed E-state index contributed by atoms with van der Waals surface area (Å²) in [7, 11) is -3.09. The van der Waals surface area contributed by atoms with E-state index >= 15 is 0 Å². The molecule has 0 amide bonds. The van der Waals surface area contributed by atoms with E-state index < -0.39 is 10.0 Å². The van der Waals surface area contributed by atoms with Crippen LogP contribution in [-0.2, 0) is 10.0 Å². The van der Waals surface area contributed by atoms with Crippen molar-refractivity contribution in [2.45, 2.75) is 25.3 Å². The second-order valence-electron chi connectivity index (χ2n) is 4.87. The van der Waals surface area contributed by atoms with Gasteiger partial charge in [0.2, 0.25) is 10.0 Å². The molecule has 1 aliphatic rings. The van der Waals surface area contributed by atoms with Crippen LogP contribution in [0.25, 0.3) is 0 Å². The highest BCUT2D eigenvalue weighted by atomic mass is 32.2. The fourth-order valence-corrected chi connectivity index (χ4v) is 3.33. The monoisotopic (exact) mass is 273 g/mol. The van der Waals surface area contributed by atoms with Gasteiger partial charge >= 0.3 is 0 Å². The predicted octanol–water partition coefficient (Wildman–Crippen LogP) is -0.134. The Bertz CT molecular complexity index is 472. The molecule has 1 aliphatic heterocycles. The topological polar surface area (TPSA) is 105 Å². The van der Waals surface area contributed by atoms with Crippen LogP contribution in [0.4, 0.5) is 0 Å². The molecular formula is C10H19N5O2S. The SMILES string of the molecule is CS(=O)(=O)N1CCCC(CC(N)c2cn[nH]n2)C1. The Kier molecular flexibility index (Phi) is 3.98. The van der Waals surface area contributed by atoms with Crippen molar-refractivity contribution in [3.8, 4) is 0 Å². The molecule has 1 fully saturated rings. The second kappa shape index (κ2) is 5.33. The van der Waals surface area contributed by atoms with Crippen LogP contribution in [0, 0.1) is 5.92 Å². The van der Waals surface area contributed by atoms with Gasteiger partial charge in [-0.15, -0.1) is 0 Å². The molecule has 0 radical (unpaired) electrons. The molecule has 8 heteroatoms. The van der Waals surface area contributed by atoms with E-state index in [4.69, 9.17) is 5.73 Å². The number of H-pyrrole nitrogens is 1. The van der Waals surface area contributed by atoms with Gasteiger partial charge in [-0.2, -0.15) is 15.4 Å². The van der Waals surface area contributed by atoms with Crippen LogP contribution in [-0.4, -0.2) is 47.5 Å². The van der Waals surface area contributed by atoms with Gasteiger partial charge in [0.1, 0.15) is 0 Å². The van der Waals surface area contributed by atoms with E-state index in [1.165, 1.54) is 10.6 Å². The van der Waals surface area contributed by atoms with Crippen molar-refractivity contribution < 1.29 is 8.42 Å². The third kappa shape index (κ3) is 3.27. The largest absolute Gasteiger partial charge is 0.323 e. The summed E-state index contributed by atoms with van der Waals surface area (Å²) in [6.45, 7) is 1.18. The van der Waals surface area contributed by atoms with Crippen molar-refractivity contribution in [1.29, 1.82) is 0 Å². The third-order valence-electron chi connectivity index (χ3n) is 3.35. The normalized spacial score (nSPS) is 24.0. The average Bonchev–Trinajstić information content (AvgIpc) is 2.81. The van der Waals surface area contributed by atoms with Crippen LogP contribution in [0.3, 0.4) is 0 Å². The van der Waals surface area contributed by atoms with Gasteiger partial charge < -0.3 is 5.73 Å². The van der Waals surface area contributed by atoms with Crippen LogP contribution in [0.15, 0.2) is 6.20 Å². The number of nitrogens with one attached hydrogen (secondary N) is 1. The van der Waals surface area contributed by atoms with Crippen LogP contribution in [0.2, 0.25) is 0 Å². The fraction of sp³-hybridized carbons (Fsp3) is 0.800. The van der Waals surface area contributed by atoms with Crippen molar-refractivity contribution in [2.24, 2.45) is 11.7 Å². The molecule has 0 aromatic carbocycles. The molecule has 3 N–H and O–H groups in total. The Morgan fingerprint density at radius 1 is 1.67 bits per heavy atom. The lowest BCUT2D eigenvalue weighted by Crippen LogP contribution is -2.40. The van der Waals surface area contributed by atoms with E-state index in [1.54, 1.807) is 6.20 Å². The Morgan fingerprint density at radius 2 is 2.44 bits per heavy atom. The van der Waals surface area contributed by atoms with E-state index in [2.05, 4.69) is 15.4 Å². The van der Waals surface area contributed by atoms with Crippen molar-refractivity contribution in [3.05, 3.63) is 11.9 Å². The minimum atomic E-state index is -3.09. The van der Waals surface area contributed by atoms with Gasteiger partial charge in [0.15, 0.2) is 0 Å². The van der Waals surface area contributed by atoms with E-state index in [1.807, 2.05) is 0 Å². The summed E-state index contributed by atoms with van der Waals surface area (Å²) in [6, 6.07) is -0.187. The first kappa shape index (κ1) is 13.4. The highest BCUT2D eigenvalue weighted by Gasteiger charge is 2.27. The highest BCUT2D eigenvalue weighted by molar-refractivity contribution is 7.88. The third-order valence-corrected chi connectivity index (χ3v) is 4.62. The number of hydrogen-bond acceptors (Lipinski definition) is 5. The maximum atomic E-state index is 11.5. The quantitative estimate of drug-likeness (QED) is 0.794. The molecule has 18 heavy (non-hydrogen) atoms. The van der Waals surface area contributed by atoms with E-state index in [0.717, 1.165) is 25.0 Å². The fourth-order valence-electron chi connectivity index (χ4n) is 2.39. The number of nitrogens with two attached hydrogens (primary N) is 1. The van der Waals surface area contributed by atoms with E-state index in [9.17, 15) is 8.42 Å². The van der Waals surface area contributed by atoms with Crippen molar-refractivity contribution in [3.63, 3.8) is 0 Å². The molecule has 7 nitrogen and oxygen atoms in total. The molecule has 1 aromatic rings. The first-order valence-corrected chi connectivity index (χ1v) is 7.88. The molecule has 0 bridgehead atoms. The van der Waals surface area contributed by atoms with Gasteiger partial charge in [0.05, 0.1) is 24.2 Å². The number of rotatable bonds is 4. The molecule has 2 unspecified atom stereocenters. The standard InChI is InChI=1S/C10H19N5O2S/c1-18(16,17)15-4-2-3-8(7-15)5-9(11)10-6-12-14-13-10/h6,8-9H,2-5,7,11H2,1H3,(H,12,13,14). The lowest BCUT2D eigenvalue weighted by molar-refractivity contribution is 0.246.